The molecule has 1 heterocycles. The molecule has 1 aromatic heterocycles. The third-order valence-corrected chi connectivity index (χ3v) is 2.93. The molecule has 3 rings (SSSR count). The maximum atomic E-state index is 13.2. The molecule has 0 aliphatic heterocycles. The predicted octanol–water partition coefficient (Wildman–Crippen LogP) is 3.81. The summed E-state index contributed by atoms with van der Waals surface area (Å²) in [7, 11) is 0. The van der Waals surface area contributed by atoms with Crippen molar-refractivity contribution in [3.8, 4) is 0 Å². The fourth-order valence-electron chi connectivity index (χ4n) is 1.98. The van der Waals surface area contributed by atoms with E-state index in [-0.39, 0.29) is 5.82 Å². The minimum atomic E-state index is -0.327. The van der Waals surface area contributed by atoms with Crippen LogP contribution in [-0.2, 0) is 0 Å². The molecule has 0 spiro atoms. The minimum Gasteiger partial charge on any atom is -0.339 e. The molecule has 3 aromatic rings. The number of hydrogen-bond acceptors (Lipinski definition) is 5. The maximum absolute atomic E-state index is 13.2. The van der Waals surface area contributed by atoms with Crippen molar-refractivity contribution in [3.63, 3.8) is 0 Å². The summed E-state index contributed by atoms with van der Waals surface area (Å²) in [5.74, 6) is 0.523. The lowest BCUT2D eigenvalue weighted by Crippen LogP contribution is -2.02. The first-order valence-corrected chi connectivity index (χ1v) is 6.75. The van der Waals surface area contributed by atoms with Gasteiger partial charge in [-0.15, -0.1) is 5.10 Å². The summed E-state index contributed by atoms with van der Waals surface area (Å²) >= 11 is 0. The summed E-state index contributed by atoms with van der Waals surface area (Å²) in [4.78, 5) is 4.30. The first kappa shape index (κ1) is 13.9. The van der Waals surface area contributed by atoms with E-state index in [4.69, 9.17) is 0 Å². The van der Waals surface area contributed by atoms with Crippen molar-refractivity contribution in [2.75, 3.05) is 10.6 Å². The van der Waals surface area contributed by atoms with Crippen LogP contribution in [0.1, 0.15) is 5.56 Å². The SMILES string of the molecule is Cc1cccc(Nc2cnnc(Nc3cccc(F)c3)n2)c1. The van der Waals surface area contributed by atoms with Gasteiger partial charge in [-0.05, 0) is 42.8 Å². The first-order chi connectivity index (χ1) is 10.7. The second kappa shape index (κ2) is 6.17. The lowest BCUT2D eigenvalue weighted by Gasteiger charge is -2.08. The van der Waals surface area contributed by atoms with Gasteiger partial charge in [0.05, 0.1) is 6.20 Å². The van der Waals surface area contributed by atoms with E-state index in [0.29, 0.717) is 17.5 Å². The van der Waals surface area contributed by atoms with Crippen LogP contribution in [0.4, 0.5) is 27.5 Å². The van der Waals surface area contributed by atoms with E-state index in [9.17, 15) is 4.39 Å². The zero-order valence-electron chi connectivity index (χ0n) is 11.9. The molecular formula is C16H14FN5. The molecule has 0 radical (unpaired) electrons. The van der Waals surface area contributed by atoms with Crippen LogP contribution in [0, 0.1) is 12.7 Å². The molecule has 0 fully saturated rings. The molecule has 0 bridgehead atoms. The number of hydrogen-bond donors (Lipinski definition) is 2. The first-order valence-electron chi connectivity index (χ1n) is 6.75. The van der Waals surface area contributed by atoms with Gasteiger partial charge in [-0.3, -0.25) is 0 Å². The number of halogens is 1. The Morgan fingerprint density at radius 1 is 0.955 bits per heavy atom. The quantitative estimate of drug-likeness (QED) is 0.766. The Labute approximate surface area is 127 Å². The standard InChI is InChI=1S/C16H14FN5/c1-11-4-2-6-13(8-11)19-15-10-18-22-16(21-15)20-14-7-3-5-12(17)9-14/h2-10H,1H3,(H2,19,20,21,22). The van der Waals surface area contributed by atoms with E-state index in [1.165, 1.54) is 18.3 Å². The van der Waals surface area contributed by atoms with Crippen LogP contribution < -0.4 is 10.6 Å². The normalized spacial score (nSPS) is 10.3. The topological polar surface area (TPSA) is 62.7 Å². The second-order valence-electron chi connectivity index (χ2n) is 4.80. The molecule has 2 aromatic carbocycles. The van der Waals surface area contributed by atoms with Gasteiger partial charge in [0, 0.05) is 11.4 Å². The Morgan fingerprint density at radius 2 is 1.73 bits per heavy atom. The van der Waals surface area contributed by atoms with Crippen LogP contribution in [-0.4, -0.2) is 15.2 Å². The van der Waals surface area contributed by atoms with Crippen LogP contribution in [0.15, 0.2) is 54.7 Å². The van der Waals surface area contributed by atoms with Crippen molar-refractivity contribution in [1.82, 2.24) is 15.2 Å². The van der Waals surface area contributed by atoms with Crippen LogP contribution in [0.25, 0.3) is 0 Å². The molecule has 110 valence electrons. The molecule has 5 nitrogen and oxygen atoms in total. The summed E-state index contributed by atoms with van der Waals surface area (Å²) < 4.78 is 13.2. The van der Waals surface area contributed by atoms with Gasteiger partial charge >= 0.3 is 0 Å². The molecule has 2 N–H and O–H groups in total. The van der Waals surface area contributed by atoms with Crippen LogP contribution in [0.2, 0.25) is 0 Å². The third kappa shape index (κ3) is 3.54. The number of aromatic nitrogens is 3. The Bertz CT molecular complexity index is 728. The second-order valence-corrected chi connectivity index (χ2v) is 4.80. The lowest BCUT2D eigenvalue weighted by atomic mass is 10.2. The van der Waals surface area contributed by atoms with Crippen molar-refractivity contribution in [1.29, 1.82) is 0 Å². The summed E-state index contributed by atoms with van der Waals surface area (Å²) in [6, 6.07) is 14.0. The van der Waals surface area contributed by atoms with Crippen molar-refractivity contribution in [3.05, 3.63) is 66.1 Å². The Hall–Kier alpha value is -3.02. The molecule has 0 saturated carbocycles. The van der Waals surface area contributed by atoms with Crippen molar-refractivity contribution in [2.24, 2.45) is 0 Å². The summed E-state index contributed by atoms with van der Waals surface area (Å²) in [5.41, 5.74) is 2.62. The van der Waals surface area contributed by atoms with Gasteiger partial charge in [0.1, 0.15) is 5.82 Å². The summed E-state index contributed by atoms with van der Waals surface area (Å²) in [6.45, 7) is 2.01. The van der Waals surface area contributed by atoms with E-state index < -0.39 is 0 Å². The number of rotatable bonds is 4. The molecule has 0 aliphatic rings. The smallest absolute Gasteiger partial charge is 0.249 e. The van der Waals surface area contributed by atoms with Crippen LogP contribution in [0.3, 0.4) is 0 Å². The molecule has 0 aliphatic carbocycles. The van der Waals surface area contributed by atoms with E-state index in [1.807, 2.05) is 31.2 Å². The monoisotopic (exact) mass is 295 g/mol. The number of benzene rings is 2. The highest BCUT2D eigenvalue weighted by Gasteiger charge is 2.03. The Morgan fingerprint density at radius 3 is 2.50 bits per heavy atom. The highest BCUT2D eigenvalue weighted by atomic mass is 19.1. The average molecular weight is 295 g/mol. The average Bonchev–Trinajstić information content (AvgIpc) is 2.47. The van der Waals surface area contributed by atoms with E-state index in [0.717, 1.165) is 11.3 Å². The zero-order valence-corrected chi connectivity index (χ0v) is 11.9. The molecule has 0 saturated heterocycles. The van der Waals surface area contributed by atoms with Gasteiger partial charge in [0.2, 0.25) is 5.95 Å². The van der Waals surface area contributed by atoms with Crippen LogP contribution in [0.5, 0.6) is 0 Å². The predicted molar refractivity (Wildman–Crippen MR) is 84.0 cm³/mol. The van der Waals surface area contributed by atoms with E-state index in [1.54, 1.807) is 12.1 Å². The molecule has 22 heavy (non-hydrogen) atoms. The van der Waals surface area contributed by atoms with Gasteiger partial charge in [-0.2, -0.15) is 10.1 Å². The molecule has 0 unspecified atom stereocenters. The molecule has 6 heteroatoms. The number of aryl methyl sites for hydroxylation is 1. The molecule has 0 amide bonds. The lowest BCUT2D eigenvalue weighted by molar-refractivity contribution is 0.628. The zero-order chi connectivity index (χ0) is 15.4. The van der Waals surface area contributed by atoms with Gasteiger partial charge < -0.3 is 10.6 Å². The number of nitrogens with zero attached hydrogens (tertiary/aromatic N) is 3. The fraction of sp³-hybridized carbons (Fsp3) is 0.0625. The molecular weight excluding hydrogens is 281 g/mol. The Balaban J connectivity index is 1.78. The summed E-state index contributed by atoms with van der Waals surface area (Å²) in [6.07, 6.45) is 1.53. The van der Waals surface area contributed by atoms with Crippen molar-refractivity contribution in [2.45, 2.75) is 6.92 Å². The number of nitrogens with one attached hydrogen (secondary N) is 2. The third-order valence-electron chi connectivity index (χ3n) is 2.93. The van der Waals surface area contributed by atoms with E-state index in [2.05, 4.69) is 25.8 Å². The van der Waals surface area contributed by atoms with Gasteiger partial charge in [-0.1, -0.05) is 18.2 Å². The Kier molecular flexibility index (Phi) is 3.91. The largest absolute Gasteiger partial charge is 0.339 e. The van der Waals surface area contributed by atoms with E-state index >= 15 is 0 Å². The van der Waals surface area contributed by atoms with Gasteiger partial charge in [0.15, 0.2) is 5.82 Å². The fourth-order valence-corrected chi connectivity index (χ4v) is 1.98. The molecule has 0 atom stereocenters. The minimum absolute atomic E-state index is 0.295. The van der Waals surface area contributed by atoms with Crippen molar-refractivity contribution < 1.29 is 4.39 Å². The van der Waals surface area contributed by atoms with Crippen molar-refractivity contribution >= 4 is 23.1 Å². The maximum Gasteiger partial charge on any atom is 0.249 e. The van der Waals surface area contributed by atoms with Gasteiger partial charge in [0.25, 0.3) is 0 Å². The summed E-state index contributed by atoms with van der Waals surface area (Å²) in [5, 5.41) is 13.9. The van der Waals surface area contributed by atoms with Gasteiger partial charge in [-0.25, -0.2) is 4.39 Å². The van der Waals surface area contributed by atoms with Crippen LogP contribution >= 0.6 is 0 Å². The highest BCUT2D eigenvalue weighted by molar-refractivity contribution is 5.59. The highest BCUT2D eigenvalue weighted by Crippen LogP contribution is 2.17. The number of anilines is 4.